The molecule has 0 saturated heterocycles. The molecule has 0 heterocycles. The summed E-state index contributed by atoms with van der Waals surface area (Å²) >= 11 is 0. The third-order valence-corrected chi connectivity index (χ3v) is 3.73. The van der Waals surface area contributed by atoms with E-state index >= 15 is 0 Å². The molecule has 0 unspecified atom stereocenters. The van der Waals surface area contributed by atoms with Crippen molar-refractivity contribution in [1.29, 1.82) is 0 Å². The van der Waals surface area contributed by atoms with Crippen molar-refractivity contribution in [3.8, 4) is 0 Å². The topological polar surface area (TPSA) is 0 Å². The summed E-state index contributed by atoms with van der Waals surface area (Å²) in [6, 6.07) is 0. The van der Waals surface area contributed by atoms with Gasteiger partial charge in [0.15, 0.2) is 0 Å². The van der Waals surface area contributed by atoms with Gasteiger partial charge in [-0.3, -0.25) is 18.2 Å². The summed E-state index contributed by atoms with van der Waals surface area (Å²) in [5.74, 6) is 0. The third-order valence-electron chi connectivity index (χ3n) is 3.73. The summed E-state index contributed by atoms with van der Waals surface area (Å²) in [5.41, 5.74) is 4.39. The van der Waals surface area contributed by atoms with Gasteiger partial charge in [-0.15, -0.1) is 19.8 Å². The van der Waals surface area contributed by atoms with E-state index < -0.39 is 0 Å². The van der Waals surface area contributed by atoms with Crippen LogP contribution in [0.3, 0.4) is 0 Å². The molecule has 109 valence electrons. The molecule has 1 radical (unpaired) electrons. The van der Waals surface area contributed by atoms with E-state index in [-0.39, 0.29) is 27.1 Å². The molecule has 1 heteroatoms. The van der Waals surface area contributed by atoms with Gasteiger partial charge in [0.1, 0.15) is 0 Å². The minimum atomic E-state index is 0. The number of hydrogen-bond donors (Lipinski definition) is 0. The smallest absolute Gasteiger partial charge is 0.273 e. The molecule has 0 aromatic carbocycles. The molecule has 0 aromatic rings. The Balaban J connectivity index is 0.000000307. The summed E-state index contributed by atoms with van der Waals surface area (Å²) in [5, 5.41) is 0. The van der Waals surface area contributed by atoms with Gasteiger partial charge in [0.05, 0.1) is 0 Å². The molecule has 0 nitrogen and oxygen atoms in total. The van der Waals surface area contributed by atoms with Crippen LogP contribution in [0, 0.1) is 23.6 Å². The van der Waals surface area contributed by atoms with Gasteiger partial charge in [-0.25, -0.2) is 29.9 Å². The van der Waals surface area contributed by atoms with Crippen LogP contribution in [-0.2, 0) is 21.7 Å². The summed E-state index contributed by atoms with van der Waals surface area (Å²) < 4.78 is 0. The second kappa shape index (κ2) is 9.98. The quantitative estimate of drug-likeness (QED) is 0.396. The SMILES string of the molecule is CC1=[C-]C(C)(C)C(C)=C1C.[C-]1=CC=CC1.[C-]1=CC=CC1.[Ti+3]. The largest absolute Gasteiger partial charge is 3.00 e. The summed E-state index contributed by atoms with van der Waals surface area (Å²) in [6.45, 7) is 10.9. The first-order valence-corrected chi connectivity index (χ1v) is 7.18. The Morgan fingerprint density at radius 1 is 0.905 bits per heavy atom. The molecule has 0 atom stereocenters. The first kappa shape index (κ1) is 20.2. The zero-order chi connectivity index (χ0) is 15.0. The van der Waals surface area contributed by atoms with Gasteiger partial charge in [-0.2, -0.15) is 23.3 Å². The van der Waals surface area contributed by atoms with E-state index in [0.29, 0.717) is 0 Å². The van der Waals surface area contributed by atoms with Crippen LogP contribution >= 0.6 is 0 Å². The van der Waals surface area contributed by atoms with E-state index in [9.17, 15) is 0 Å². The van der Waals surface area contributed by atoms with Crippen molar-refractivity contribution in [3.63, 3.8) is 0 Å². The van der Waals surface area contributed by atoms with Gasteiger partial charge in [0.25, 0.3) is 0 Å². The van der Waals surface area contributed by atoms with Crippen LogP contribution in [0.5, 0.6) is 0 Å². The monoisotopic (exact) mass is 313 g/mol. The van der Waals surface area contributed by atoms with Crippen molar-refractivity contribution in [2.45, 2.75) is 47.5 Å². The first-order chi connectivity index (χ1) is 9.45. The van der Waals surface area contributed by atoms with Gasteiger partial charge in [0.2, 0.25) is 0 Å². The normalized spacial score (nSPS) is 19.6. The van der Waals surface area contributed by atoms with Gasteiger partial charge in [-0.05, 0) is 0 Å². The predicted molar refractivity (Wildman–Crippen MR) is 87.7 cm³/mol. The van der Waals surface area contributed by atoms with Crippen LogP contribution in [0.1, 0.15) is 47.5 Å². The van der Waals surface area contributed by atoms with Crippen LogP contribution in [0.15, 0.2) is 53.2 Å². The molecule has 3 aliphatic carbocycles. The first-order valence-electron chi connectivity index (χ1n) is 7.18. The molecule has 0 spiro atoms. The van der Waals surface area contributed by atoms with Crippen molar-refractivity contribution in [1.82, 2.24) is 0 Å². The fraction of sp³-hybridized carbons (Fsp3) is 0.400. The van der Waals surface area contributed by atoms with E-state index in [4.69, 9.17) is 0 Å². The van der Waals surface area contributed by atoms with E-state index in [0.717, 1.165) is 12.8 Å². The number of rotatable bonds is 0. The molecule has 0 bridgehead atoms. The van der Waals surface area contributed by atoms with Crippen molar-refractivity contribution in [2.24, 2.45) is 5.41 Å². The van der Waals surface area contributed by atoms with E-state index in [2.05, 4.69) is 65.0 Å². The van der Waals surface area contributed by atoms with E-state index in [1.54, 1.807) is 0 Å². The zero-order valence-corrected chi connectivity index (χ0v) is 15.4. The van der Waals surface area contributed by atoms with Crippen LogP contribution in [-0.4, -0.2) is 0 Å². The Labute approximate surface area is 146 Å². The molecule has 0 amide bonds. The predicted octanol–water partition coefficient (Wildman–Crippen LogP) is 5.72. The van der Waals surface area contributed by atoms with Crippen molar-refractivity contribution < 1.29 is 21.7 Å². The molecule has 0 fully saturated rings. The number of allylic oxidation sites excluding steroid dienone is 12. The fourth-order valence-corrected chi connectivity index (χ4v) is 2.09. The minimum absolute atomic E-state index is 0. The second-order valence-electron chi connectivity index (χ2n) is 5.63. The Morgan fingerprint density at radius 3 is 1.48 bits per heavy atom. The molecule has 0 aromatic heterocycles. The molecular formula is C20H25Ti. The van der Waals surface area contributed by atoms with Gasteiger partial charge < -0.3 is 0 Å². The summed E-state index contributed by atoms with van der Waals surface area (Å²) in [7, 11) is 0. The van der Waals surface area contributed by atoms with Crippen molar-refractivity contribution in [2.75, 3.05) is 0 Å². The molecule has 0 N–H and O–H groups in total. The molecule has 3 aliphatic rings. The maximum absolute atomic E-state index is 3.44. The average Bonchev–Trinajstić information content (AvgIpc) is 3.14. The fourth-order valence-electron chi connectivity index (χ4n) is 2.09. The second-order valence-corrected chi connectivity index (χ2v) is 5.63. The van der Waals surface area contributed by atoms with Gasteiger partial charge in [0, 0.05) is 0 Å². The maximum atomic E-state index is 3.44. The van der Waals surface area contributed by atoms with Crippen LogP contribution < -0.4 is 0 Å². The molecule has 0 aliphatic heterocycles. The van der Waals surface area contributed by atoms with Gasteiger partial charge >= 0.3 is 21.7 Å². The molecule has 3 rings (SSSR count). The van der Waals surface area contributed by atoms with Crippen molar-refractivity contribution >= 4 is 0 Å². The van der Waals surface area contributed by atoms with E-state index in [1.165, 1.54) is 16.7 Å². The molecule has 21 heavy (non-hydrogen) atoms. The van der Waals surface area contributed by atoms with Crippen LogP contribution in [0.25, 0.3) is 0 Å². The van der Waals surface area contributed by atoms with Crippen LogP contribution in [0.4, 0.5) is 0 Å². The van der Waals surface area contributed by atoms with Crippen LogP contribution in [0.2, 0.25) is 0 Å². The minimum Gasteiger partial charge on any atom is -0.273 e. The summed E-state index contributed by atoms with van der Waals surface area (Å²) in [4.78, 5) is 0. The maximum Gasteiger partial charge on any atom is 3.00 e. The standard InChI is InChI=1S/C10H15.2C5H5.Ti/c1-7-6-10(4,5)9(3)8(7)2;2*1-2-4-5-3-1;/h1-5H3;2*1-3H,4H2;/q3*-1;+3. The van der Waals surface area contributed by atoms with Gasteiger partial charge in [-0.1, -0.05) is 33.1 Å². The Hall–Kier alpha value is -0.846. The molecule has 0 saturated carbocycles. The van der Waals surface area contributed by atoms with Crippen molar-refractivity contribution in [3.05, 3.63) is 71.4 Å². The Morgan fingerprint density at radius 2 is 1.38 bits per heavy atom. The zero-order valence-electron chi connectivity index (χ0n) is 13.9. The van der Waals surface area contributed by atoms with E-state index in [1.807, 2.05) is 24.3 Å². The average molecular weight is 313 g/mol. The Kier molecular flexibility index (Phi) is 9.58. The Bertz CT molecular complexity index is 452. The summed E-state index contributed by atoms with van der Waals surface area (Å²) in [6.07, 6.45) is 23.4. The molecular weight excluding hydrogens is 288 g/mol. The third kappa shape index (κ3) is 7.11. The number of hydrogen-bond acceptors (Lipinski definition) is 0.